The first-order valence-electron chi connectivity index (χ1n) is 15.5. The van der Waals surface area contributed by atoms with Gasteiger partial charge in [-0.15, -0.1) is 0 Å². The number of aromatic amines is 1. The Hall–Kier alpha value is -4.86. The summed E-state index contributed by atoms with van der Waals surface area (Å²) in [5, 5.41) is 22.4. The predicted molar refractivity (Wildman–Crippen MR) is 164 cm³/mol. The van der Waals surface area contributed by atoms with E-state index in [0.29, 0.717) is 53.6 Å². The molecule has 5 aromatic heterocycles. The van der Waals surface area contributed by atoms with Crippen molar-refractivity contribution in [2.24, 2.45) is 5.92 Å². The van der Waals surface area contributed by atoms with Crippen molar-refractivity contribution in [2.75, 3.05) is 12.4 Å². The Morgan fingerprint density at radius 2 is 1.98 bits per heavy atom. The highest BCUT2D eigenvalue weighted by Crippen LogP contribution is 2.46. The number of rotatable bonds is 9. The number of amides is 1. The molecule has 0 saturated heterocycles. The van der Waals surface area contributed by atoms with Crippen molar-refractivity contribution in [2.45, 2.75) is 76.0 Å². The number of alkyl halides is 2. The number of carbonyl (C=O) groups is 1. The number of nitrogens with one attached hydrogen (secondary N) is 3. The summed E-state index contributed by atoms with van der Waals surface area (Å²) in [4.78, 5) is 27.6. The van der Waals surface area contributed by atoms with Gasteiger partial charge in [0.2, 0.25) is 5.91 Å². The van der Waals surface area contributed by atoms with E-state index in [0.717, 1.165) is 17.5 Å². The smallest absolute Gasteiger partial charge is 0.252 e. The van der Waals surface area contributed by atoms with Gasteiger partial charge < -0.3 is 15.4 Å². The maximum atomic E-state index is 13.8. The van der Waals surface area contributed by atoms with E-state index in [4.69, 9.17) is 14.7 Å². The van der Waals surface area contributed by atoms with E-state index in [1.165, 1.54) is 10.9 Å². The zero-order valence-corrected chi connectivity index (χ0v) is 26.0. The van der Waals surface area contributed by atoms with Crippen LogP contribution < -0.4 is 10.6 Å². The Labute approximate surface area is 267 Å². The summed E-state index contributed by atoms with van der Waals surface area (Å²) in [6.45, 7) is 3.75. The monoisotopic (exact) mass is 649 g/mol. The van der Waals surface area contributed by atoms with Crippen LogP contribution in [0.15, 0.2) is 43.0 Å². The number of halogens is 3. The topological polar surface area (TPSA) is 153 Å². The molecule has 246 valence electrons. The van der Waals surface area contributed by atoms with Gasteiger partial charge in [0.05, 0.1) is 48.1 Å². The number of aromatic nitrogens is 9. The fraction of sp³-hybridized carbons (Fsp3) is 0.452. The van der Waals surface area contributed by atoms with Gasteiger partial charge in [0.25, 0.3) is 5.92 Å². The van der Waals surface area contributed by atoms with E-state index >= 15 is 0 Å². The number of methoxy groups -OCH3 is 1. The van der Waals surface area contributed by atoms with Crippen LogP contribution in [-0.2, 0) is 9.53 Å². The number of hydrogen-bond acceptors (Lipinski definition) is 9. The first kappa shape index (κ1) is 30.8. The van der Waals surface area contributed by atoms with E-state index < -0.39 is 29.8 Å². The summed E-state index contributed by atoms with van der Waals surface area (Å²) >= 11 is 0. The van der Waals surface area contributed by atoms with Crippen LogP contribution in [0.2, 0.25) is 0 Å². The molecule has 13 nitrogen and oxygen atoms in total. The van der Waals surface area contributed by atoms with Crippen LogP contribution in [0, 0.1) is 18.7 Å². The molecule has 1 amide bonds. The summed E-state index contributed by atoms with van der Waals surface area (Å²) in [6.07, 6.45) is 6.21. The van der Waals surface area contributed by atoms with Gasteiger partial charge in [-0.3, -0.25) is 9.89 Å². The van der Waals surface area contributed by atoms with Gasteiger partial charge in [-0.25, -0.2) is 37.5 Å². The van der Waals surface area contributed by atoms with Gasteiger partial charge in [-0.1, -0.05) is 6.07 Å². The van der Waals surface area contributed by atoms with Gasteiger partial charge >= 0.3 is 0 Å². The average molecular weight is 650 g/mol. The lowest BCUT2D eigenvalue weighted by Crippen LogP contribution is -2.42. The Balaban J connectivity index is 1.08. The van der Waals surface area contributed by atoms with Crippen LogP contribution in [0.5, 0.6) is 0 Å². The third kappa shape index (κ3) is 6.16. The molecule has 2 saturated carbocycles. The van der Waals surface area contributed by atoms with Crippen LogP contribution in [0.3, 0.4) is 0 Å². The molecule has 0 aromatic carbocycles. The van der Waals surface area contributed by atoms with Gasteiger partial charge in [0, 0.05) is 43.8 Å². The van der Waals surface area contributed by atoms with E-state index in [1.54, 1.807) is 30.3 Å². The summed E-state index contributed by atoms with van der Waals surface area (Å²) in [5.41, 5.74) is 2.12. The first-order chi connectivity index (χ1) is 22.6. The van der Waals surface area contributed by atoms with Crippen LogP contribution in [0.1, 0.15) is 74.1 Å². The van der Waals surface area contributed by atoms with Gasteiger partial charge in [-0.2, -0.15) is 15.3 Å². The summed E-state index contributed by atoms with van der Waals surface area (Å²) < 4.78 is 49.7. The fourth-order valence-corrected chi connectivity index (χ4v) is 6.44. The van der Waals surface area contributed by atoms with Crippen molar-refractivity contribution in [1.29, 1.82) is 0 Å². The molecule has 2 aliphatic carbocycles. The molecule has 7 rings (SSSR count). The van der Waals surface area contributed by atoms with Gasteiger partial charge in [0.1, 0.15) is 11.6 Å². The SMILES string of the molecule is CO[C@H]1C[C@@H](c2nc(Nc3cc(C)[nH]n3)c3cnn(C4CC(F)(F)C4)c3n2)CC[C@@H]1C(=O)N[C@@H](C)c1ccc(-n2cc(F)cn2)nc1. The maximum Gasteiger partial charge on any atom is 0.252 e. The van der Waals surface area contributed by atoms with E-state index in [-0.39, 0.29) is 30.7 Å². The second-order valence-corrected chi connectivity index (χ2v) is 12.4. The predicted octanol–water partition coefficient (Wildman–Crippen LogP) is 5.07. The maximum absolute atomic E-state index is 13.8. The lowest BCUT2D eigenvalue weighted by molar-refractivity contribution is -0.132. The van der Waals surface area contributed by atoms with Crippen molar-refractivity contribution < 1.29 is 22.7 Å². The van der Waals surface area contributed by atoms with Crippen molar-refractivity contribution in [3.63, 3.8) is 0 Å². The lowest BCUT2D eigenvalue weighted by Gasteiger charge is -2.35. The van der Waals surface area contributed by atoms with E-state index in [9.17, 15) is 18.0 Å². The molecule has 4 atom stereocenters. The number of carbonyl (C=O) groups excluding carboxylic acids is 1. The van der Waals surface area contributed by atoms with Gasteiger partial charge in [-0.05, 0) is 44.7 Å². The number of ether oxygens (including phenoxy) is 1. The van der Waals surface area contributed by atoms with Crippen molar-refractivity contribution >= 4 is 28.6 Å². The molecule has 3 N–H and O–H groups in total. The highest BCUT2D eigenvalue weighted by molar-refractivity contribution is 5.88. The number of fused-ring (bicyclic) bond motifs is 1. The Bertz CT molecular complexity index is 1900. The molecular formula is C31H34F3N11O2. The second kappa shape index (κ2) is 12.1. The molecule has 0 aliphatic heterocycles. The number of pyridine rings is 1. The van der Waals surface area contributed by atoms with Crippen LogP contribution in [-0.4, -0.2) is 69.8 Å². The molecule has 2 fully saturated rings. The summed E-state index contributed by atoms with van der Waals surface area (Å²) in [6, 6.07) is 4.57. The largest absolute Gasteiger partial charge is 0.381 e. The van der Waals surface area contributed by atoms with E-state index in [1.807, 2.05) is 26.0 Å². The van der Waals surface area contributed by atoms with Crippen molar-refractivity contribution in [3.05, 3.63) is 65.9 Å². The lowest BCUT2D eigenvalue weighted by atomic mass is 9.78. The standard InChI is InChI=1S/C31H34F3N11O2/c1-16-8-25(43-42-16)39-28-23-14-37-45(21-10-31(33,34)11-21)29(23)41-27(40-28)18-4-6-22(24(9-18)47-3)30(46)38-17(2)19-5-7-26(35-12-19)44-15-20(32)13-36-44/h5,7-8,12-15,17-18,21-22,24H,4,6,9-11H2,1-3H3,(H,38,46)(H2,39,40,41,42,43)/t17-,18-,22-,24-/m0/s1. The Morgan fingerprint density at radius 1 is 1.15 bits per heavy atom. The molecule has 0 radical (unpaired) electrons. The van der Waals surface area contributed by atoms with Gasteiger partial charge in [0.15, 0.2) is 23.1 Å². The Morgan fingerprint density at radius 3 is 2.64 bits per heavy atom. The van der Waals surface area contributed by atoms with Crippen LogP contribution in [0.4, 0.5) is 24.8 Å². The molecule has 0 spiro atoms. The molecule has 16 heteroatoms. The fourth-order valence-electron chi connectivity index (χ4n) is 6.44. The molecule has 5 heterocycles. The third-order valence-corrected chi connectivity index (χ3v) is 9.05. The molecule has 2 aliphatic rings. The molecule has 47 heavy (non-hydrogen) atoms. The van der Waals surface area contributed by atoms with Crippen molar-refractivity contribution in [3.8, 4) is 5.82 Å². The molecule has 0 unspecified atom stereocenters. The Kier molecular flexibility index (Phi) is 7.90. The minimum absolute atomic E-state index is 0.141. The van der Waals surface area contributed by atoms with Crippen LogP contribution in [0.25, 0.3) is 16.9 Å². The number of nitrogens with zero attached hydrogens (tertiary/aromatic N) is 8. The average Bonchev–Trinajstić information content (AvgIpc) is 3.79. The summed E-state index contributed by atoms with van der Waals surface area (Å²) in [7, 11) is 1.58. The van der Waals surface area contributed by atoms with Crippen LogP contribution >= 0.6 is 0 Å². The number of aryl methyl sites for hydroxylation is 1. The second-order valence-electron chi connectivity index (χ2n) is 12.4. The first-order valence-corrected chi connectivity index (χ1v) is 15.5. The quantitative estimate of drug-likeness (QED) is 0.199. The highest BCUT2D eigenvalue weighted by Gasteiger charge is 2.47. The molecule has 5 aromatic rings. The number of hydrogen-bond donors (Lipinski definition) is 3. The minimum Gasteiger partial charge on any atom is -0.381 e. The van der Waals surface area contributed by atoms with E-state index in [2.05, 4.69) is 36.0 Å². The number of anilines is 2. The van der Waals surface area contributed by atoms with Crippen molar-refractivity contribution in [1.82, 2.24) is 50.0 Å². The minimum atomic E-state index is -2.71. The molecular weight excluding hydrogens is 615 g/mol. The third-order valence-electron chi connectivity index (χ3n) is 9.05. The zero-order valence-electron chi connectivity index (χ0n) is 26.0. The highest BCUT2D eigenvalue weighted by atomic mass is 19.3. The summed E-state index contributed by atoms with van der Waals surface area (Å²) in [5.74, 6) is -1.85. The molecule has 0 bridgehead atoms. The zero-order chi connectivity index (χ0) is 32.9. The normalized spacial score (nSPS) is 21.8. The number of H-pyrrole nitrogens is 1.